The molecule has 0 spiro atoms. The molecule has 0 N–H and O–H groups in total. The number of rotatable bonds is 2. The lowest BCUT2D eigenvalue weighted by atomic mass is 10.1. The summed E-state index contributed by atoms with van der Waals surface area (Å²) in [5, 5.41) is 0.329. The highest BCUT2D eigenvalue weighted by Crippen LogP contribution is 2.13. The topological polar surface area (TPSA) is 65.1 Å². The normalized spacial score (nSPS) is 11.0. The molecule has 0 amide bonds. The van der Waals surface area contributed by atoms with Crippen LogP contribution in [0.5, 0.6) is 0 Å². The molecule has 0 atom stereocenters. The number of aryl methyl sites for hydroxylation is 3. The average Bonchev–Trinajstić information content (AvgIpc) is 2.47. The molecule has 112 valence electrons. The monoisotopic (exact) mass is 296 g/mol. The van der Waals surface area contributed by atoms with E-state index in [4.69, 9.17) is 4.42 Å². The Kier molecular flexibility index (Phi) is 3.41. The Morgan fingerprint density at radius 3 is 2.45 bits per heavy atom. The summed E-state index contributed by atoms with van der Waals surface area (Å²) in [6.07, 6.45) is 0. The van der Waals surface area contributed by atoms with Crippen LogP contribution in [-0.4, -0.2) is 9.55 Å². The Hall–Kier alpha value is -2.69. The van der Waals surface area contributed by atoms with Gasteiger partial charge in [0, 0.05) is 5.69 Å². The van der Waals surface area contributed by atoms with Gasteiger partial charge in [-0.3, -0.25) is 4.57 Å². The summed E-state index contributed by atoms with van der Waals surface area (Å²) in [6, 6.07) is 9.56. The highest BCUT2D eigenvalue weighted by atomic mass is 16.4. The molecule has 0 aliphatic rings. The van der Waals surface area contributed by atoms with Crippen molar-refractivity contribution in [2.75, 3.05) is 0 Å². The summed E-state index contributed by atoms with van der Waals surface area (Å²) in [4.78, 5) is 28.4. The number of fused-ring (bicyclic) bond motifs is 1. The van der Waals surface area contributed by atoms with E-state index < -0.39 is 11.4 Å². The molecule has 0 fully saturated rings. The van der Waals surface area contributed by atoms with E-state index in [1.165, 1.54) is 4.57 Å². The molecule has 5 heteroatoms. The molecule has 5 nitrogen and oxygen atoms in total. The third kappa shape index (κ3) is 2.45. The van der Waals surface area contributed by atoms with Crippen molar-refractivity contribution in [2.24, 2.45) is 0 Å². The number of benzene rings is 1. The summed E-state index contributed by atoms with van der Waals surface area (Å²) < 4.78 is 6.22. The van der Waals surface area contributed by atoms with Crippen LogP contribution in [0.4, 0.5) is 0 Å². The van der Waals surface area contributed by atoms with E-state index in [0.29, 0.717) is 17.6 Å². The molecule has 0 radical (unpaired) electrons. The molecule has 0 saturated carbocycles. The van der Waals surface area contributed by atoms with Gasteiger partial charge < -0.3 is 4.42 Å². The molecule has 22 heavy (non-hydrogen) atoms. The van der Waals surface area contributed by atoms with Crippen molar-refractivity contribution in [1.29, 1.82) is 0 Å². The van der Waals surface area contributed by atoms with E-state index in [9.17, 15) is 9.59 Å². The Bertz CT molecular complexity index is 966. The second kappa shape index (κ2) is 5.26. The molecule has 0 aliphatic carbocycles. The Balaban J connectivity index is 2.24. The predicted octanol–water partition coefficient (Wildman–Crippen LogP) is 2.32. The maximum absolute atomic E-state index is 12.1. The lowest BCUT2D eigenvalue weighted by molar-refractivity contribution is 0.423. The Morgan fingerprint density at radius 2 is 1.77 bits per heavy atom. The first-order chi connectivity index (χ1) is 10.5. The van der Waals surface area contributed by atoms with Gasteiger partial charge in [-0.25, -0.2) is 14.6 Å². The third-order valence-corrected chi connectivity index (χ3v) is 3.78. The number of hydrogen-bond acceptors (Lipinski definition) is 4. The van der Waals surface area contributed by atoms with E-state index in [1.807, 2.05) is 45.0 Å². The van der Waals surface area contributed by atoms with Crippen molar-refractivity contribution >= 4 is 11.0 Å². The number of nitrogens with zero attached hydrogens (tertiary/aromatic N) is 2. The van der Waals surface area contributed by atoms with Crippen molar-refractivity contribution in [3.8, 4) is 0 Å². The summed E-state index contributed by atoms with van der Waals surface area (Å²) in [5.41, 5.74) is 3.49. The number of aromatic nitrogens is 2. The molecule has 0 unspecified atom stereocenters. The smallest absolute Gasteiger partial charge is 0.372 e. The molecule has 1 aromatic carbocycles. The van der Waals surface area contributed by atoms with Gasteiger partial charge >= 0.3 is 11.4 Å². The summed E-state index contributed by atoms with van der Waals surface area (Å²) >= 11 is 0. The summed E-state index contributed by atoms with van der Waals surface area (Å²) in [7, 11) is 0. The van der Waals surface area contributed by atoms with E-state index in [2.05, 4.69) is 4.98 Å². The highest BCUT2D eigenvalue weighted by molar-refractivity contribution is 5.74. The van der Waals surface area contributed by atoms with Gasteiger partial charge in [-0.05, 0) is 38.0 Å². The van der Waals surface area contributed by atoms with E-state index in [0.717, 1.165) is 22.4 Å². The fraction of sp³-hybridized carbons (Fsp3) is 0.235. The third-order valence-electron chi connectivity index (χ3n) is 3.78. The maximum atomic E-state index is 12.1. The lowest BCUT2D eigenvalue weighted by Crippen LogP contribution is -2.26. The molecule has 3 rings (SSSR count). The zero-order chi connectivity index (χ0) is 15.9. The minimum Gasteiger partial charge on any atom is -0.372 e. The van der Waals surface area contributed by atoms with Gasteiger partial charge in [0.15, 0.2) is 5.65 Å². The van der Waals surface area contributed by atoms with Gasteiger partial charge in [-0.1, -0.05) is 29.8 Å². The fourth-order valence-corrected chi connectivity index (χ4v) is 2.34. The maximum Gasteiger partial charge on any atom is 0.423 e. The molecule has 2 aromatic heterocycles. The minimum absolute atomic E-state index is 0.314. The van der Waals surface area contributed by atoms with Crippen molar-refractivity contribution in [3.05, 3.63) is 73.7 Å². The molecule has 0 saturated heterocycles. The summed E-state index contributed by atoms with van der Waals surface area (Å²) in [6.45, 7) is 6.04. The average molecular weight is 296 g/mol. The fourth-order valence-electron chi connectivity index (χ4n) is 2.34. The van der Waals surface area contributed by atoms with Crippen molar-refractivity contribution in [3.63, 3.8) is 0 Å². The standard InChI is InChI=1S/C17H16N2O3/c1-10-4-6-13(7-5-10)9-19-15-14(16(20)22-17(19)21)8-11(2)12(3)18-15/h4-8H,9H2,1-3H3. The molecular weight excluding hydrogens is 280 g/mol. The first kappa shape index (κ1) is 14.3. The largest absolute Gasteiger partial charge is 0.423 e. The van der Waals surface area contributed by atoms with Crippen LogP contribution in [0.1, 0.15) is 22.4 Å². The summed E-state index contributed by atoms with van der Waals surface area (Å²) in [5.74, 6) is -0.686. The highest BCUT2D eigenvalue weighted by Gasteiger charge is 2.12. The van der Waals surface area contributed by atoms with Crippen molar-refractivity contribution in [2.45, 2.75) is 27.3 Å². The minimum atomic E-state index is -0.686. The quantitative estimate of drug-likeness (QED) is 0.728. The van der Waals surface area contributed by atoms with Gasteiger partial charge in [0.1, 0.15) is 5.39 Å². The Morgan fingerprint density at radius 1 is 1.09 bits per heavy atom. The molecule has 0 aliphatic heterocycles. The zero-order valence-corrected chi connectivity index (χ0v) is 12.7. The Labute approximate surface area is 126 Å². The van der Waals surface area contributed by atoms with Crippen LogP contribution in [0, 0.1) is 20.8 Å². The van der Waals surface area contributed by atoms with Crippen LogP contribution < -0.4 is 11.4 Å². The van der Waals surface area contributed by atoms with Gasteiger partial charge in [-0.2, -0.15) is 0 Å². The van der Waals surface area contributed by atoms with Crippen molar-refractivity contribution < 1.29 is 4.42 Å². The first-order valence-corrected chi connectivity index (χ1v) is 7.03. The molecular formula is C17H16N2O3. The van der Waals surface area contributed by atoms with Crippen molar-refractivity contribution in [1.82, 2.24) is 9.55 Å². The van der Waals surface area contributed by atoms with Crippen LogP contribution in [0.15, 0.2) is 44.3 Å². The van der Waals surface area contributed by atoms with Gasteiger partial charge in [0.2, 0.25) is 0 Å². The van der Waals surface area contributed by atoms with Crippen LogP contribution in [0.25, 0.3) is 11.0 Å². The second-order valence-corrected chi connectivity index (χ2v) is 5.49. The van der Waals surface area contributed by atoms with Crippen LogP contribution in [0.3, 0.4) is 0 Å². The lowest BCUT2D eigenvalue weighted by Gasteiger charge is -2.09. The molecule has 3 aromatic rings. The SMILES string of the molecule is Cc1ccc(Cn2c(=O)oc(=O)c3cc(C)c(C)nc32)cc1. The predicted molar refractivity (Wildman–Crippen MR) is 84.3 cm³/mol. The first-order valence-electron chi connectivity index (χ1n) is 7.03. The molecule has 2 heterocycles. The van der Waals surface area contributed by atoms with E-state index >= 15 is 0 Å². The van der Waals surface area contributed by atoms with Crippen LogP contribution in [0.2, 0.25) is 0 Å². The van der Waals surface area contributed by atoms with Gasteiger partial charge in [0.25, 0.3) is 0 Å². The number of pyridine rings is 1. The molecule has 0 bridgehead atoms. The van der Waals surface area contributed by atoms with Crippen LogP contribution in [-0.2, 0) is 6.54 Å². The zero-order valence-electron chi connectivity index (χ0n) is 12.7. The number of hydrogen-bond donors (Lipinski definition) is 0. The van der Waals surface area contributed by atoms with Gasteiger partial charge in [-0.15, -0.1) is 0 Å². The van der Waals surface area contributed by atoms with Gasteiger partial charge in [0.05, 0.1) is 6.54 Å². The van der Waals surface area contributed by atoms with E-state index in [-0.39, 0.29) is 0 Å². The second-order valence-electron chi connectivity index (χ2n) is 5.49. The van der Waals surface area contributed by atoms with E-state index in [1.54, 1.807) is 6.07 Å². The van der Waals surface area contributed by atoms with Crippen LogP contribution >= 0.6 is 0 Å².